The van der Waals surface area contributed by atoms with Gasteiger partial charge in [0.1, 0.15) is 0 Å². The van der Waals surface area contributed by atoms with Gasteiger partial charge in [0.25, 0.3) is 0 Å². The molecule has 150 valence electrons. The molecule has 2 N–H and O–H groups in total. The largest absolute Gasteiger partial charge is 0.381 e. The lowest BCUT2D eigenvalue weighted by atomic mass is 10.0. The van der Waals surface area contributed by atoms with Crippen LogP contribution in [0.15, 0.2) is 4.99 Å². The summed E-state index contributed by atoms with van der Waals surface area (Å²) in [6, 6.07) is 0.579. The number of fused-ring (bicyclic) bond motifs is 3. The number of ether oxygens (including phenoxy) is 2. The molecular formula is C19H37N5O2. The average Bonchev–Trinajstić information content (AvgIpc) is 2.70. The van der Waals surface area contributed by atoms with Crippen LogP contribution < -0.4 is 10.6 Å². The Labute approximate surface area is 158 Å². The van der Waals surface area contributed by atoms with Crippen molar-refractivity contribution in [1.82, 2.24) is 20.4 Å². The van der Waals surface area contributed by atoms with E-state index in [-0.39, 0.29) is 0 Å². The van der Waals surface area contributed by atoms with Crippen molar-refractivity contribution >= 4 is 5.96 Å². The summed E-state index contributed by atoms with van der Waals surface area (Å²) in [5.74, 6) is 1.63. The third-order valence-electron chi connectivity index (χ3n) is 5.65. The Kier molecular flexibility index (Phi) is 8.45. The van der Waals surface area contributed by atoms with Crippen LogP contribution >= 0.6 is 0 Å². The summed E-state index contributed by atoms with van der Waals surface area (Å²) in [7, 11) is 0. The first-order chi connectivity index (χ1) is 12.8. The molecule has 0 amide bonds. The third kappa shape index (κ3) is 6.37. The maximum atomic E-state index is 5.84. The Bertz CT molecular complexity index is 420. The van der Waals surface area contributed by atoms with Crippen LogP contribution in [-0.4, -0.2) is 101 Å². The van der Waals surface area contributed by atoms with Crippen LogP contribution in [0.5, 0.6) is 0 Å². The minimum atomic E-state index is 0.579. The number of aliphatic imine (C=N–C) groups is 1. The first-order valence-electron chi connectivity index (χ1n) is 10.5. The van der Waals surface area contributed by atoms with Crippen LogP contribution in [0.4, 0.5) is 0 Å². The van der Waals surface area contributed by atoms with Crippen LogP contribution in [0, 0.1) is 5.92 Å². The number of piperazine rings is 3. The van der Waals surface area contributed by atoms with Gasteiger partial charge >= 0.3 is 0 Å². The first-order valence-corrected chi connectivity index (χ1v) is 10.5. The van der Waals surface area contributed by atoms with E-state index in [1.807, 2.05) is 0 Å². The number of nitrogens with zero attached hydrogens (tertiary/aromatic N) is 3. The van der Waals surface area contributed by atoms with Crippen molar-refractivity contribution in [1.29, 1.82) is 0 Å². The highest BCUT2D eigenvalue weighted by Gasteiger charge is 2.31. The molecular weight excluding hydrogens is 330 g/mol. The second-order valence-corrected chi connectivity index (χ2v) is 7.62. The number of nitrogens with one attached hydrogen (secondary N) is 2. The molecule has 0 radical (unpaired) electrons. The normalized spacial score (nSPS) is 29.7. The van der Waals surface area contributed by atoms with Crippen molar-refractivity contribution in [2.75, 3.05) is 78.8 Å². The molecule has 1 atom stereocenters. The predicted molar refractivity (Wildman–Crippen MR) is 105 cm³/mol. The highest BCUT2D eigenvalue weighted by atomic mass is 16.5. The SMILES string of the molecule is CCNC(=NCC1CN2CCN1CC2)NCCCOCC1CCOCC1. The van der Waals surface area contributed by atoms with Gasteiger partial charge < -0.3 is 20.1 Å². The van der Waals surface area contributed by atoms with Gasteiger partial charge in [0.05, 0.1) is 6.54 Å². The quantitative estimate of drug-likeness (QED) is 0.349. The fourth-order valence-electron chi connectivity index (χ4n) is 3.98. The molecule has 4 heterocycles. The Balaban J connectivity index is 1.29. The van der Waals surface area contributed by atoms with E-state index in [0.717, 1.165) is 71.3 Å². The van der Waals surface area contributed by atoms with Gasteiger partial charge in [-0.15, -0.1) is 0 Å². The topological polar surface area (TPSA) is 61.4 Å². The van der Waals surface area contributed by atoms with Crippen molar-refractivity contribution in [2.45, 2.75) is 32.2 Å². The van der Waals surface area contributed by atoms with E-state index in [9.17, 15) is 0 Å². The van der Waals surface area contributed by atoms with Gasteiger partial charge in [0, 0.05) is 78.3 Å². The van der Waals surface area contributed by atoms with Gasteiger partial charge in [0.2, 0.25) is 0 Å². The zero-order valence-corrected chi connectivity index (χ0v) is 16.4. The van der Waals surface area contributed by atoms with Gasteiger partial charge in [0.15, 0.2) is 5.96 Å². The Morgan fingerprint density at radius 2 is 1.96 bits per heavy atom. The molecule has 4 rings (SSSR count). The van der Waals surface area contributed by atoms with E-state index >= 15 is 0 Å². The molecule has 4 saturated heterocycles. The predicted octanol–water partition coefficient (Wildman–Crippen LogP) is 0.375. The lowest BCUT2D eigenvalue weighted by molar-refractivity contribution is 0.0174. The average molecular weight is 368 g/mol. The molecule has 0 spiro atoms. The van der Waals surface area contributed by atoms with E-state index in [2.05, 4.69) is 27.4 Å². The third-order valence-corrected chi connectivity index (χ3v) is 5.65. The van der Waals surface area contributed by atoms with E-state index < -0.39 is 0 Å². The maximum Gasteiger partial charge on any atom is 0.191 e. The van der Waals surface area contributed by atoms with Gasteiger partial charge in [-0.1, -0.05) is 0 Å². The molecule has 0 aliphatic carbocycles. The summed E-state index contributed by atoms with van der Waals surface area (Å²) in [6.45, 7) is 14.3. The summed E-state index contributed by atoms with van der Waals surface area (Å²) in [5.41, 5.74) is 0. The molecule has 4 aliphatic rings. The molecule has 7 nitrogen and oxygen atoms in total. The van der Waals surface area contributed by atoms with Gasteiger partial charge in [-0.2, -0.15) is 0 Å². The van der Waals surface area contributed by atoms with Crippen LogP contribution in [-0.2, 0) is 9.47 Å². The number of guanidine groups is 1. The Morgan fingerprint density at radius 1 is 1.15 bits per heavy atom. The molecule has 4 aliphatic heterocycles. The number of hydrogen-bond donors (Lipinski definition) is 2. The summed E-state index contributed by atoms with van der Waals surface area (Å²) in [4.78, 5) is 9.98. The highest BCUT2D eigenvalue weighted by Crippen LogP contribution is 2.16. The van der Waals surface area contributed by atoms with E-state index in [0.29, 0.717) is 12.0 Å². The summed E-state index contributed by atoms with van der Waals surface area (Å²) in [6.07, 6.45) is 3.30. The molecule has 1 unspecified atom stereocenters. The maximum absolute atomic E-state index is 5.84. The lowest BCUT2D eigenvalue weighted by Crippen LogP contribution is -2.62. The van der Waals surface area contributed by atoms with Crippen LogP contribution in [0.3, 0.4) is 0 Å². The van der Waals surface area contributed by atoms with Crippen molar-refractivity contribution in [3.8, 4) is 0 Å². The van der Waals surface area contributed by atoms with Crippen LogP contribution in [0.25, 0.3) is 0 Å². The Hall–Kier alpha value is -0.890. The van der Waals surface area contributed by atoms with Crippen LogP contribution in [0.2, 0.25) is 0 Å². The fraction of sp³-hybridized carbons (Fsp3) is 0.947. The van der Waals surface area contributed by atoms with Crippen LogP contribution in [0.1, 0.15) is 26.2 Å². The zero-order chi connectivity index (χ0) is 18.0. The second kappa shape index (κ2) is 11.1. The standard InChI is InChI=1S/C19H37N5O2/c1-2-20-19(22-14-18-15-23-7-9-24(18)10-8-23)21-6-3-11-26-16-17-4-12-25-13-5-17/h17-18H,2-16H2,1H3,(H2,20,21,22). The van der Waals surface area contributed by atoms with E-state index in [1.54, 1.807) is 0 Å². The van der Waals surface area contributed by atoms with Crippen molar-refractivity contribution in [2.24, 2.45) is 10.9 Å². The van der Waals surface area contributed by atoms with Gasteiger partial charge in [-0.3, -0.25) is 14.8 Å². The van der Waals surface area contributed by atoms with Crippen molar-refractivity contribution < 1.29 is 9.47 Å². The minimum absolute atomic E-state index is 0.579. The molecule has 2 bridgehead atoms. The second-order valence-electron chi connectivity index (χ2n) is 7.62. The minimum Gasteiger partial charge on any atom is -0.381 e. The molecule has 0 aromatic rings. The monoisotopic (exact) mass is 367 g/mol. The highest BCUT2D eigenvalue weighted by molar-refractivity contribution is 5.79. The molecule has 0 aromatic carbocycles. The lowest BCUT2D eigenvalue weighted by Gasteiger charge is -2.47. The van der Waals surface area contributed by atoms with Crippen molar-refractivity contribution in [3.05, 3.63) is 0 Å². The summed E-state index contributed by atoms with van der Waals surface area (Å²) >= 11 is 0. The van der Waals surface area contributed by atoms with E-state index in [4.69, 9.17) is 14.5 Å². The molecule has 26 heavy (non-hydrogen) atoms. The Morgan fingerprint density at radius 3 is 2.65 bits per heavy atom. The summed E-state index contributed by atoms with van der Waals surface area (Å²) < 4.78 is 11.2. The van der Waals surface area contributed by atoms with E-state index in [1.165, 1.54) is 32.7 Å². The molecule has 4 fully saturated rings. The zero-order valence-electron chi connectivity index (χ0n) is 16.4. The molecule has 7 heteroatoms. The van der Waals surface area contributed by atoms with Gasteiger partial charge in [-0.05, 0) is 32.1 Å². The van der Waals surface area contributed by atoms with Gasteiger partial charge in [-0.25, -0.2) is 0 Å². The first kappa shape index (κ1) is 19.9. The van der Waals surface area contributed by atoms with Crippen molar-refractivity contribution in [3.63, 3.8) is 0 Å². The number of rotatable bonds is 9. The summed E-state index contributed by atoms with van der Waals surface area (Å²) in [5, 5.41) is 6.81. The molecule has 0 aromatic heterocycles. The fourth-order valence-corrected chi connectivity index (χ4v) is 3.98. The molecule has 0 saturated carbocycles. The number of hydrogen-bond acceptors (Lipinski definition) is 5. The smallest absolute Gasteiger partial charge is 0.191 e.